The first-order valence-corrected chi connectivity index (χ1v) is 10.5. The third kappa shape index (κ3) is 5.87. The molecule has 156 valence electrons. The number of hydrogen-bond donors (Lipinski definition) is 0. The number of likely N-dealkylation sites (N-methyl/N-ethyl adjacent to an activating group) is 1. The van der Waals surface area contributed by atoms with E-state index in [0.29, 0.717) is 35.5 Å². The van der Waals surface area contributed by atoms with Crippen LogP contribution < -0.4 is 9.64 Å². The van der Waals surface area contributed by atoms with Gasteiger partial charge in [0.15, 0.2) is 0 Å². The maximum Gasteiger partial charge on any atom is 0.253 e. The first kappa shape index (κ1) is 21.5. The van der Waals surface area contributed by atoms with Crippen LogP contribution in [0.2, 0.25) is 5.02 Å². The summed E-state index contributed by atoms with van der Waals surface area (Å²) in [7, 11) is 1.79. The summed E-state index contributed by atoms with van der Waals surface area (Å²) >= 11 is 5.96. The molecule has 1 aliphatic heterocycles. The molecule has 1 saturated heterocycles. The smallest absolute Gasteiger partial charge is 0.253 e. The van der Waals surface area contributed by atoms with E-state index < -0.39 is 0 Å². The lowest BCUT2D eigenvalue weighted by Crippen LogP contribution is -2.48. The molecule has 0 bridgehead atoms. The summed E-state index contributed by atoms with van der Waals surface area (Å²) in [5.74, 6) is 0.705. The number of rotatable bonds is 7. The van der Waals surface area contributed by atoms with Crippen LogP contribution in [0.3, 0.4) is 0 Å². The van der Waals surface area contributed by atoms with Gasteiger partial charge in [-0.05, 0) is 56.3 Å². The summed E-state index contributed by atoms with van der Waals surface area (Å²) in [5.41, 5.74) is 1.87. The number of benzene rings is 2. The number of anilines is 1. The predicted molar refractivity (Wildman–Crippen MR) is 119 cm³/mol. The Morgan fingerprint density at radius 2 is 1.79 bits per heavy atom. The molecule has 2 aromatic rings. The van der Waals surface area contributed by atoms with Gasteiger partial charge in [-0.3, -0.25) is 9.69 Å². The largest absolute Gasteiger partial charge is 0.492 e. The van der Waals surface area contributed by atoms with Crippen LogP contribution in [-0.2, 0) is 0 Å². The van der Waals surface area contributed by atoms with Crippen molar-refractivity contribution >= 4 is 23.2 Å². The van der Waals surface area contributed by atoms with E-state index in [1.54, 1.807) is 24.1 Å². The molecule has 1 aliphatic rings. The molecule has 0 atom stereocenters. The van der Waals surface area contributed by atoms with Gasteiger partial charge in [0.05, 0.1) is 6.54 Å². The standard InChI is InChI=1S/C23H30ClN3O2/c1-18(2)26-11-13-27(14-12-26)21-9-7-19(8-10-21)23(28)25(3)15-16-29-22-6-4-5-20(24)17-22/h4-10,17-18H,11-16H2,1-3H3. The summed E-state index contributed by atoms with van der Waals surface area (Å²) < 4.78 is 5.68. The molecule has 0 aromatic heterocycles. The number of nitrogens with zero attached hydrogens (tertiary/aromatic N) is 3. The molecular formula is C23H30ClN3O2. The van der Waals surface area contributed by atoms with Gasteiger partial charge in [-0.2, -0.15) is 0 Å². The molecule has 29 heavy (non-hydrogen) atoms. The molecule has 0 saturated carbocycles. The number of carbonyl (C=O) groups is 1. The number of halogens is 1. The van der Waals surface area contributed by atoms with Crippen molar-refractivity contribution in [3.8, 4) is 5.75 Å². The summed E-state index contributed by atoms with van der Waals surface area (Å²) in [5, 5.41) is 0.637. The quantitative estimate of drug-likeness (QED) is 0.684. The fourth-order valence-corrected chi connectivity index (χ4v) is 3.67. The van der Waals surface area contributed by atoms with E-state index in [1.165, 1.54) is 5.69 Å². The Bertz CT molecular complexity index is 802. The third-order valence-electron chi connectivity index (χ3n) is 5.36. The molecule has 2 aromatic carbocycles. The minimum Gasteiger partial charge on any atom is -0.492 e. The Balaban J connectivity index is 1.49. The maximum atomic E-state index is 12.7. The van der Waals surface area contributed by atoms with Crippen molar-refractivity contribution < 1.29 is 9.53 Å². The number of piperazine rings is 1. The highest BCUT2D eigenvalue weighted by Gasteiger charge is 2.19. The summed E-state index contributed by atoms with van der Waals surface area (Å²) in [6.45, 7) is 9.60. The van der Waals surface area contributed by atoms with Crippen molar-refractivity contribution in [2.24, 2.45) is 0 Å². The average molecular weight is 416 g/mol. The Labute approximate surface area is 178 Å². The van der Waals surface area contributed by atoms with Crippen LogP contribution in [0.1, 0.15) is 24.2 Å². The van der Waals surface area contributed by atoms with Gasteiger partial charge in [0.2, 0.25) is 0 Å². The molecule has 6 heteroatoms. The van der Waals surface area contributed by atoms with Gasteiger partial charge in [0.1, 0.15) is 12.4 Å². The van der Waals surface area contributed by atoms with Crippen molar-refractivity contribution in [2.45, 2.75) is 19.9 Å². The van der Waals surface area contributed by atoms with Gasteiger partial charge in [-0.15, -0.1) is 0 Å². The fourth-order valence-electron chi connectivity index (χ4n) is 3.49. The van der Waals surface area contributed by atoms with Crippen LogP contribution in [-0.4, -0.2) is 68.1 Å². The number of hydrogen-bond acceptors (Lipinski definition) is 4. The maximum absolute atomic E-state index is 12.7. The van der Waals surface area contributed by atoms with E-state index in [-0.39, 0.29) is 5.91 Å². The lowest BCUT2D eigenvalue weighted by Gasteiger charge is -2.38. The fraction of sp³-hybridized carbons (Fsp3) is 0.435. The summed E-state index contributed by atoms with van der Waals surface area (Å²) in [4.78, 5) is 19.2. The van der Waals surface area contributed by atoms with Crippen molar-refractivity contribution in [1.82, 2.24) is 9.80 Å². The molecule has 0 N–H and O–H groups in total. The molecule has 1 amide bonds. The van der Waals surface area contributed by atoms with Crippen LogP contribution >= 0.6 is 11.6 Å². The lowest BCUT2D eigenvalue weighted by atomic mass is 10.1. The molecule has 3 rings (SSSR count). The van der Waals surface area contributed by atoms with Crippen molar-refractivity contribution in [3.05, 3.63) is 59.1 Å². The number of carbonyl (C=O) groups excluding carboxylic acids is 1. The Hall–Kier alpha value is -2.24. The lowest BCUT2D eigenvalue weighted by molar-refractivity contribution is 0.0774. The van der Waals surface area contributed by atoms with Crippen LogP contribution in [0.15, 0.2) is 48.5 Å². The minimum atomic E-state index is -0.00382. The Kier molecular flexibility index (Phi) is 7.40. The normalized spacial score (nSPS) is 14.9. The minimum absolute atomic E-state index is 0.00382. The highest BCUT2D eigenvalue weighted by molar-refractivity contribution is 6.30. The van der Waals surface area contributed by atoms with E-state index in [0.717, 1.165) is 26.2 Å². The zero-order valence-electron chi connectivity index (χ0n) is 17.5. The van der Waals surface area contributed by atoms with Crippen molar-refractivity contribution in [2.75, 3.05) is 51.3 Å². The van der Waals surface area contributed by atoms with Crippen molar-refractivity contribution in [3.63, 3.8) is 0 Å². The van der Waals surface area contributed by atoms with E-state index >= 15 is 0 Å². The molecule has 0 unspecified atom stereocenters. The second kappa shape index (κ2) is 9.99. The average Bonchev–Trinajstić information content (AvgIpc) is 2.73. The topological polar surface area (TPSA) is 36.0 Å². The molecule has 1 heterocycles. The number of ether oxygens (including phenoxy) is 1. The van der Waals surface area contributed by atoms with Gasteiger partial charge in [0, 0.05) is 55.5 Å². The zero-order valence-corrected chi connectivity index (χ0v) is 18.2. The summed E-state index contributed by atoms with van der Waals surface area (Å²) in [6, 6.07) is 15.8. The van der Waals surface area contributed by atoms with Gasteiger partial charge in [-0.1, -0.05) is 17.7 Å². The van der Waals surface area contributed by atoms with Gasteiger partial charge in [-0.25, -0.2) is 0 Å². The monoisotopic (exact) mass is 415 g/mol. The first-order chi connectivity index (χ1) is 13.9. The van der Waals surface area contributed by atoms with E-state index in [1.807, 2.05) is 24.3 Å². The molecule has 5 nitrogen and oxygen atoms in total. The van der Waals surface area contributed by atoms with Crippen molar-refractivity contribution in [1.29, 1.82) is 0 Å². The van der Waals surface area contributed by atoms with Crippen LogP contribution in [0.4, 0.5) is 5.69 Å². The van der Waals surface area contributed by atoms with Crippen LogP contribution in [0.25, 0.3) is 0 Å². The molecule has 1 fully saturated rings. The predicted octanol–water partition coefficient (Wildman–Crippen LogP) is 4.02. The Morgan fingerprint density at radius 1 is 1.10 bits per heavy atom. The van der Waals surface area contributed by atoms with Gasteiger partial charge >= 0.3 is 0 Å². The van der Waals surface area contributed by atoms with E-state index in [2.05, 4.69) is 35.8 Å². The van der Waals surface area contributed by atoms with Crippen LogP contribution in [0.5, 0.6) is 5.75 Å². The highest BCUT2D eigenvalue weighted by Crippen LogP contribution is 2.19. The van der Waals surface area contributed by atoms with Gasteiger partial charge < -0.3 is 14.5 Å². The molecule has 0 radical (unpaired) electrons. The highest BCUT2D eigenvalue weighted by atomic mass is 35.5. The van der Waals surface area contributed by atoms with E-state index in [9.17, 15) is 4.79 Å². The first-order valence-electron chi connectivity index (χ1n) is 10.2. The third-order valence-corrected chi connectivity index (χ3v) is 5.60. The Morgan fingerprint density at radius 3 is 2.41 bits per heavy atom. The van der Waals surface area contributed by atoms with Gasteiger partial charge in [0.25, 0.3) is 5.91 Å². The second-order valence-corrected chi connectivity index (χ2v) is 8.13. The molecular weight excluding hydrogens is 386 g/mol. The SMILES string of the molecule is CC(C)N1CCN(c2ccc(C(=O)N(C)CCOc3cccc(Cl)c3)cc2)CC1. The number of amides is 1. The van der Waals surface area contributed by atoms with E-state index in [4.69, 9.17) is 16.3 Å². The molecule has 0 spiro atoms. The zero-order chi connectivity index (χ0) is 20.8. The van der Waals surface area contributed by atoms with Crippen LogP contribution in [0, 0.1) is 0 Å². The summed E-state index contributed by atoms with van der Waals surface area (Å²) in [6.07, 6.45) is 0. The second-order valence-electron chi connectivity index (χ2n) is 7.70. The molecule has 0 aliphatic carbocycles.